The Hall–Kier alpha value is -1.23. The number of hydrogen-bond donors (Lipinski definition) is 1. The van der Waals surface area contributed by atoms with Crippen LogP contribution in [0.3, 0.4) is 0 Å². The van der Waals surface area contributed by atoms with Gasteiger partial charge in [-0.15, -0.1) is 0 Å². The van der Waals surface area contributed by atoms with Gasteiger partial charge in [0.05, 0.1) is 7.11 Å². The minimum Gasteiger partial charge on any atom is -0.504 e. The Morgan fingerprint density at radius 1 is 1.59 bits per heavy atom. The largest absolute Gasteiger partial charge is 0.504 e. The van der Waals surface area contributed by atoms with Gasteiger partial charge in [0, 0.05) is 24.0 Å². The highest BCUT2D eigenvalue weighted by molar-refractivity contribution is 9.09. The topological polar surface area (TPSA) is 49.8 Å². The molecule has 0 aliphatic rings. The lowest BCUT2D eigenvalue weighted by atomic mass is 10.1. The van der Waals surface area contributed by atoms with Crippen LogP contribution in [0.15, 0.2) is 18.2 Å². The highest BCUT2D eigenvalue weighted by Gasteiger charge is 2.15. The zero-order valence-corrected chi connectivity index (χ0v) is 11.7. The Kier molecular flexibility index (Phi) is 4.81. The lowest BCUT2D eigenvalue weighted by Gasteiger charge is -2.18. The third kappa shape index (κ3) is 3.63. The molecule has 0 saturated heterocycles. The van der Waals surface area contributed by atoms with Crippen LogP contribution in [-0.2, 0) is 0 Å². The summed E-state index contributed by atoms with van der Waals surface area (Å²) in [5.41, 5.74) is 0.443. The van der Waals surface area contributed by atoms with Crippen molar-refractivity contribution in [3.05, 3.63) is 23.8 Å². The maximum atomic E-state index is 12.0. The lowest BCUT2D eigenvalue weighted by molar-refractivity contribution is 0.0797. The Morgan fingerprint density at radius 2 is 2.24 bits per heavy atom. The van der Waals surface area contributed by atoms with Crippen molar-refractivity contribution in [2.45, 2.75) is 11.8 Å². The highest BCUT2D eigenvalue weighted by atomic mass is 79.9. The molecule has 1 unspecified atom stereocenters. The Labute approximate surface area is 109 Å². The Balaban J connectivity index is 2.86. The van der Waals surface area contributed by atoms with Gasteiger partial charge >= 0.3 is 0 Å². The van der Waals surface area contributed by atoms with Crippen molar-refractivity contribution in [3.63, 3.8) is 0 Å². The van der Waals surface area contributed by atoms with Gasteiger partial charge in [0.15, 0.2) is 11.5 Å². The van der Waals surface area contributed by atoms with Crippen molar-refractivity contribution in [2.75, 3.05) is 20.7 Å². The number of carbonyl (C=O) groups excluding carboxylic acids is 1. The summed E-state index contributed by atoms with van der Waals surface area (Å²) >= 11 is 3.39. The average Bonchev–Trinajstić information content (AvgIpc) is 2.27. The number of benzene rings is 1. The van der Waals surface area contributed by atoms with Gasteiger partial charge in [0.25, 0.3) is 5.91 Å². The fourth-order valence-corrected chi connectivity index (χ4v) is 1.94. The molecule has 17 heavy (non-hydrogen) atoms. The summed E-state index contributed by atoms with van der Waals surface area (Å²) in [4.78, 5) is 13.8. The molecule has 4 nitrogen and oxygen atoms in total. The van der Waals surface area contributed by atoms with E-state index in [1.165, 1.54) is 13.2 Å². The molecule has 1 aromatic rings. The standard InChI is InChI=1S/C12H16BrNO3/c1-8(13)7-14(2)12(16)9-4-5-11(17-3)10(15)6-9/h4-6,8,15H,7H2,1-3H3. The molecule has 94 valence electrons. The van der Waals surface area contributed by atoms with Gasteiger partial charge in [-0.05, 0) is 18.2 Å². The van der Waals surface area contributed by atoms with Gasteiger partial charge in [-0.1, -0.05) is 22.9 Å². The van der Waals surface area contributed by atoms with Crippen molar-refractivity contribution < 1.29 is 14.6 Å². The molecule has 0 fully saturated rings. The van der Waals surface area contributed by atoms with Gasteiger partial charge in [-0.2, -0.15) is 0 Å². The number of alkyl halides is 1. The van der Waals surface area contributed by atoms with Crippen LogP contribution in [0, 0.1) is 0 Å². The van der Waals surface area contributed by atoms with Crippen molar-refractivity contribution in [2.24, 2.45) is 0 Å². The van der Waals surface area contributed by atoms with Crippen molar-refractivity contribution >= 4 is 21.8 Å². The molecule has 0 spiro atoms. The molecule has 0 aromatic heterocycles. The molecule has 0 bridgehead atoms. The second kappa shape index (κ2) is 5.91. The zero-order valence-electron chi connectivity index (χ0n) is 10.1. The number of rotatable bonds is 4. The van der Waals surface area contributed by atoms with E-state index in [1.54, 1.807) is 24.1 Å². The molecule has 0 heterocycles. The number of halogens is 1. The molecule has 1 aromatic carbocycles. The predicted octanol–water partition coefficient (Wildman–Crippen LogP) is 2.26. The van der Waals surface area contributed by atoms with Crippen molar-refractivity contribution in [1.29, 1.82) is 0 Å². The molecule has 0 radical (unpaired) electrons. The van der Waals surface area contributed by atoms with E-state index in [0.717, 1.165) is 0 Å². The van der Waals surface area contributed by atoms with Crippen LogP contribution in [0.5, 0.6) is 11.5 Å². The number of methoxy groups -OCH3 is 1. The second-order valence-corrected chi connectivity index (χ2v) is 5.42. The monoisotopic (exact) mass is 301 g/mol. The first kappa shape index (κ1) is 13.8. The van der Waals surface area contributed by atoms with E-state index >= 15 is 0 Å². The third-order valence-electron chi connectivity index (χ3n) is 2.30. The third-order valence-corrected chi connectivity index (χ3v) is 2.59. The smallest absolute Gasteiger partial charge is 0.253 e. The van der Waals surface area contributed by atoms with Crippen LogP contribution in [0.2, 0.25) is 0 Å². The van der Waals surface area contributed by atoms with Crippen LogP contribution in [0.4, 0.5) is 0 Å². The summed E-state index contributed by atoms with van der Waals surface area (Å²) in [6.45, 7) is 2.57. The van der Waals surface area contributed by atoms with Gasteiger partial charge in [0.2, 0.25) is 0 Å². The first-order valence-electron chi connectivity index (χ1n) is 5.22. The van der Waals surface area contributed by atoms with Gasteiger partial charge in [-0.3, -0.25) is 4.79 Å². The van der Waals surface area contributed by atoms with Crippen LogP contribution >= 0.6 is 15.9 Å². The number of carbonyl (C=O) groups is 1. The van der Waals surface area contributed by atoms with E-state index in [2.05, 4.69) is 15.9 Å². The summed E-state index contributed by atoms with van der Waals surface area (Å²) in [7, 11) is 3.19. The highest BCUT2D eigenvalue weighted by Crippen LogP contribution is 2.26. The number of amides is 1. The molecule has 5 heteroatoms. The number of phenolic OH excluding ortho intramolecular Hbond substituents is 1. The molecule has 0 aliphatic carbocycles. The summed E-state index contributed by atoms with van der Waals surface area (Å²) < 4.78 is 4.92. The quantitative estimate of drug-likeness (QED) is 0.868. The summed E-state index contributed by atoms with van der Waals surface area (Å²) in [5.74, 6) is 0.200. The van der Waals surface area contributed by atoms with Gasteiger partial charge in [0.1, 0.15) is 0 Å². The minimum atomic E-state index is -0.130. The Morgan fingerprint density at radius 3 is 2.71 bits per heavy atom. The first-order valence-corrected chi connectivity index (χ1v) is 6.13. The minimum absolute atomic E-state index is 0.0290. The van der Waals surface area contributed by atoms with E-state index in [0.29, 0.717) is 17.9 Å². The van der Waals surface area contributed by atoms with Gasteiger partial charge < -0.3 is 14.7 Å². The lowest BCUT2D eigenvalue weighted by Crippen LogP contribution is -2.31. The molecule has 1 rings (SSSR count). The first-order chi connectivity index (χ1) is 7.95. The fourth-order valence-electron chi connectivity index (χ4n) is 1.50. The summed E-state index contributed by atoms with van der Waals surface area (Å²) in [6.07, 6.45) is 0. The summed E-state index contributed by atoms with van der Waals surface area (Å²) in [6, 6.07) is 4.63. The predicted molar refractivity (Wildman–Crippen MR) is 70.0 cm³/mol. The van der Waals surface area contributed by atoms with E-state index in [-0.39, 0.29) is 16.5 Å². The van der Waals surface area contributed by atoms with Crippen LogP contribution < -0.4 is 4.74 Å². The summed E-state index contributed by atoms with van der Waals surface area (Å²) in [5, 5.41) is 9.60. The van der Waals surface area contributed by atoms with Crippen LogP contribution in [0.1, 0.15) is 17.3 Å². The SMILES string of the molecule is COc1ccc(C(=O)N(C)CC(C)Br)cc1O. The molecule has 1 N–H and O–H groups in total. The number of aromatic hydroxyl groups is 1. The van der Waals surface area contributed by atoms with Crippen molar-refractivity contribution in [3.8, 4) is 11.5 Å². The molecule has 1 amide bonds. The Bertz CT molecular complexity index is 407. The van der Waals surface area contributed by atoms with E-state index in [4.69, 9.17) is 4.74 Å². The number of hydrogen-bond acceptors (Lipinski definition) is 3. The van der Waals surface area contributed by atoms with Gasteiger partial charge in [-0.25, -0.2) is 0 Å². The fraction of sp³-hybridized carbons (Fsp3) is 0.417. The number of ether oxygens (including phenoxy) is 1. The van der Waals surface area contributed by atoms with Crippen LogP contribution in [0.25, 0.3) is 0 Å². The molecular formula is C12H16BrNO3. The maximum Gasteiger partial charge on any atom is 0.253 e. The second-order valence-electron chi connectivity index (χ2n) is 3.85. The zero-order chi connectivity index (χ0) is 13.0. The number of phenols is 1. The van der Waals surface area contributed by atoms with Crippen molar-refractivity contribution in [1.82, 2.24) is 4.90 Å². The molecule has 0 aliphatic heterocycles. The number of nitrogens with zero attached hydrogens (tertiary/aromatic N) is 1. The van der Waals surface area contributed by atoms with Crippen LogP contribution in [-0.4, -0.2) is 41.4 Å². The van der Waals surface area contributed by atoms with E-state index in [9.17, 15) is 9.90 Å². The van der Waals surface area contributed by atoms with E-state index < -0.39 is 0 Å². The molecular weight excluding hydrogens is 286 g/mol. The normalized spacial score (nSPS) is 12.0. The molecule has 0 saturated carbocycles. The maximum absolute atomic E-state index is 12.0. The molecule has 1 atom stereocenters. The van der Waals surface area contributed by atoms with E-state index in [1.807, 2.05) is 6.92 Å². The average molecular weight is 302 g/mol.